The normalized spacial score (nSPS) is 25.2. The number of methoxy groups -OCH3 is 2. The molecule has 4 atom stereocenters. The number of carbonyl (C=O) groups is 3. The Hall–Kier alpha value is -3.61. The summed E-state index contributed by atoms with van der Waals surface area (Å²) >= 11 is 0. The van der Waals surface area contributed by atoms with E-state index >= 15 is 0 Å². The number of benzene rings is 2. The van der Waals surface area contributed by atoms with Crippen LogP contribution in [0.3, 0.4) is 0 Å². The van der Waals surface area contributed by atoms with Crippen molar-refractivity contribution in [2.24, 2.45) is 11.8 Å². The number of ketones is 1. The molecule has 0 spiro atoms. The fraction of sp³-hybridized carbons (Fsp3) is 0.414. The van der Waals surface area contributed by atoms with Crippen molar-refractivity contribution in [1.82, 2.24) is 4.90 Å². The Labute approximate surface area is 211 Å². The lowest BCUT2D eigenvalue weighted by Crippen LogP contribution is -2.41. The Morgan fingerprint density at radius 3 is 2.42 bits per heavy atom. The first-order chi connectivity index (χ1) is 17.4. The molecule has 1 saturated carbocycles. The lowest BCUT2D eigenvalue weighted by atomic mass is 9.74. The van der Waals surface area contributed by atoms with E-state index in [1.165, 1.54) is 7.11 Å². The molecule has 5 rings (SSSR count). The standard InChI is InChI=1S/C29H31NO6/c1-17-4-13-23-22(16-17)26(31)24-25(19-7-9-20(10-8-19)29(33)35-3)30(28(32)27(24)36-23)15-14-18-5-11-21(34-2)12-6-18/h5-12,17,22-23,25H,4,13-16H2,1-3H3. The van der Waals surface area contributed by atoms with Gasteiger partial charge in [-0.1, -0.05) is 31.2 Å². The van der Waals surface area contributed by atoms with Crippen molar-refractivity contribution >= 4 is 17.7 Å². The second kappa shape index (κ2) is 9.80. The summed E-state index contributed by atoms with van der Waals surface area (Å²) in [6, 6.07) is 14.1. The number of ether oxygens (including phenoxy) is 3. The maximum absolute atomic E-state index is 13.8. The van der Waals surface area contributed by atoms with Gasteiger partial charge in [0.25, 0.3) is 5.91 Å². The van der Waals surface area contributed by atoms with E-state index in [9.17, 15) is 14.4 Å². The van der Waals surface area contributed by atoms with Gasteiger partial charge in [0.2, 0.25) is 0 Å². The fourth-order valence-corrected chi connectivity index (χ4v) is 5.66. The summed E-state index contributed by atoms with van der Waals surface area (Å²) in [6.07, 6.45) is 2.93. The molecule has 2 aromatic rings. The molecule has 0 radical (unpaired) electrons. The molecular weight excluding hydrogens is 458 g/mol. The zero-order valence-corrected chi connectivity index (χ0v) is 20.9. The van der Waals surface area contributed by atoms with Crippen LogP contribution in [0.2, 0.25) is 0 Å². The first-order valence-corrected chi connectivity index (χ1v) is 12.5. The second-order valence-corrected chi connectivity index (χ2v) is 9.90. The SMILES string of the molecule is COC(=O)c1ccc(C2C3=C(OC4CCC(C)CC4C3=O)C(=O)N2CCc2ccc(OC)cc2)cc1. The summed E-state index contributed by atoms with van der Waals surface area (Å²) in [6.45, 7) is 2.58. The number of hydrogen-bond acceptors (Lipinski definition) is 6. The summed E-state index contributed by atoms with van der Waals surface area (Å²) in [5.41, 5.74) is 2.70. The van der Waals surface area contributed by atoms with E-state index in [-0.39, 0.29) is 29.5 Å². The van der Waals surface area contributed by atoms with Gasteiger partial charge in [-0.2, -0.15) is 0 Å². The van der Waals surface area contributed by atoms with E-state index in [4.69, 9.17) is 14.2 Å². The molecule has 7 nitrogen and oxygen atoms in total. The van der Waals surface area contributed by atoms with Gasteiger partial charge >= 0.3 is 5.97 Å². The summed E-state index contributed by atoms with van der Waals surface area (Å²) < 4.78 is 16.3. The third-order valence-corrected chi connectivity index (χ3v) is 7.65. The van der Waals surface area contributed by atoms with Crippen LogP contribution in [0.15, 0.2) is 59.9 Å². The first kappa shape index (κ1) is 24.1. The van der Waals surface area contributed by atoms with Crippen LogP contribution in [0.25, 0.3) is 0 Å². The Balaban J connectivity index is 1.48. The lowest BCUT2D eigenvalue weighted by Gasteiger charge is -2.37. The fourth-order valence-electron chi connectivity index (χ4n) is 5.66. The van der Waals surface area contributed by atoms with Gasteiger partial charge in [0.15, 0.2) is 11.5 Å². The number of nitrogens with zero attached hydrogens (tertiary/aromatic N) is 1. The van der Waals surface area contributed by atoms with Gasteiger partial charge in [-0.15, -0.1) is 0 Å². The molecule has 1 aliphatic carbocycles. The smallest absolute Gasteiger partial charge is 0.337 e. The zero-order valence-electron chi connectivity index (χ0n) is 20.9. The largest absolute Gasteiger partial charge is 0.497 e. The molecule has 0 saturated heterocycles. The minimum atomic E-state index is -0.553. The van der Waals surface area contributed by atoms with Gasteiger partial charge < -0.3 is 19.1 Å². The van der Waals surface area contributed by atoms with E-state index in [1.54, 1.807) is 36.3 Å². The summed E-state index contributed by atoms with van der Waals surface area (Å²) in [7, 11) is 2.96. The lowest BCUT2D eigenvalue weighted by molar-refractivity contribution is -0.136. The van der Waals surface area contributed by atoms with Gasteiger partial charge in [-0.3, -0.25) is 9.59 Å². The van der Waals surface area contributed by atoms with Crippen molar-refractivity contribution in [2.45, 2.75) is 44.8 Å². The summed E-state index contributed by atoms with van der Waals surface area (Å²) in [4.78, 5) is 41.2. The van der Waals surface area contributed by atoms with Crippen LogP contribution in [-0.2, 0) is 25.5 Å². The molecule has 1 amide bonds. The van der Waals surface area contributed by atoms with E-state index in [0.717, 1.165) is 36.1 Å². The maximum Gasteiger partial charge on any atom is 0.337 e. The third kappa shape index (κ3) is 4.27. The van der Waals surface area contributed by atoms with Gasteiger partial charge in [0.05, 0.1) is 37.3 Å². The van der Waals surface area contributed by atoms with Crippen molar-refractivity contribution in [3.63, 3.8) is 0 Å². The van der Waals surface area contributed by atoms with Crippen LogP contribution in [0.4, 0.5) is 0 Å². The molecule has 0 aromatic heterocycles. The molecule has 3 aliphatic rings. The topological polar surface area (TPSA) is 82.1 Å². The number of esters is 1. The maximum atomic E-state index is 13.8. The average molecular weight is 490 g/mol. The monoisotopic (exact) mass is 489 g/mol. The minimum Gasteiger partial charge on any atom is -0.497 e. The highest BCUT2D eigenvalue weighted by Gasteiger charge is 2.52. The van der Waals surface area contributed by atoms with Gasteiger partial charge in [-0.05, 0) is 67.0 Å². The Morgan fingerprint density at radius 2 is 1.75 bits per heavy atom. The van der Waals surface area contributed by atoms with Crippen LogP contribution in [-0.4, -0.2) is 49.4 Å². The molecule has 1 fully saturated rings. The van der Waals surface area contributed by atoms with Gasteiger partial charge in [-0.25, -0.2) is 4.79 Å². The average Bonchev–Trinajstić information content (AvgIpc) is 3.19. The summed E-state index contributed by atoms with van der Waals surface area (Å²) in [5, 5.41) is 0. The molecule has 36 heavy (non-hydrogen) atoms. The van der Waals surface area contributed by atoms with Crippen molar-refractivity contribution in [3.05, 3.63) is 76.6 Å². The van der Waals surface area contributed by atoms with E-state index in [2.05, 4.69) is 6.92 Å². The molecule has 188 valence electrons. The third-order valence-electron chi connectivity index (χ3n) is 7.65. The number of rotatable bonds is 6. The first-order valence-electron chi connectivity index (χ1n) is 12.5. The van der Waals surface area contributed by atoms with Crippen LogP contribution >= 0.6 is 0 Å². The molecule has 4 unspecified atom stereocenters. The van der Waals surface area contributed by atoms with E-state index in [0.29, 0.717) is 30.0 Å². The van der Waals surface area contributed by atoms with Gasteiger partial charge in [0.1, 0.15) is 11.9 Å². The predicted octanol–water partition coefficient (Wildman–Crippen LogP) is 4.27. The Bertz CT molecular complexity index is 1200. The van der Waals surface area contributed by atoms with Crippen molar-refractivity contribution in [2.75, 3.05) is 20.8 Å². The molecule has 7 heteroatoms. The van der Waals surface area contributed by atoms with Crippen molar-refractivity contribution in [1.29, 1.82) is 0 Å². The van der Waals surface area contributed by atoms with Gasteiger partial charge in [0, 0.05) is 6.54 Å². The minimum absolute atomic E-state index is 0.0233. The molecule has 0 bridgehead atoms. The quantitative estimate of drug-likeness (QED) is 0.564. The highest BCUT2D eigenvalue weighted by molar-refractivity contribution is 6.11. The Morgan fingerprint density at radius 1 is 1.03 bits per heavy atom. The molecule has 0 N–H and O–H groups in total. The van der Waals surface area contributed by atoms with Crippen molar-refractivity contribution in [3.8, 4) is 5.75 Å². The van der Waals surface area contributed by atoms with Crippen LogP contribution in [0.1, 0.15) is 53.7 Å². The highest BCUT2D eigenvalue weighted by atomic mass is 16.5. The zero-order chi connectivity index (χ0) is 25.4. The molecule has 2 heterocycles. The number of carbonyl (C=O) groups excluding carboxylic acids is 3. The summed E-state index contributed by atoms with van der Waals surface area (Å²) in [5.74, 6) is 0.540. The van der Waals surface area contributed by atoms with Crippen molar-refractivity contribution < 1.29 is 28.6 Å². The predicted molar refractivity (Wildman–Crippen MR) is 132 cm³/mol. The number of fused-ring (bicyclic) bond motifs is 1. The molecular formula is C29H31NO6. The molecule has 2 aromatic carbocycles. The second-order valence-electron chi connectivity index (χ2n) is 9.90. The van der Waals surface area contributed by atoms with Crippen LogP contribution in [0, 0.1) is 11.8 Å². The highest BCUT2D eigenvalue weighted by Crippen LogP contribution is 2.47. The molecule has 2 aliphatic heterocycles. The van der Waals surface area contributed by atoms with E-state index < -0.39 is 12.0 Å². The van der Waals surface area contributed by atoms with Crippen LogP contribution < -0.4 is 4.74 Å². The van der Waals surface area contributed by atoms with Crippen LogP contribution in [0.5, 0.6) is 5.75 Å². The Kier molecular flexibility index (Phi) is 6.56. The number of hydrogen-bond donors (Lipinski definition) is 0. The number of Topliss-reactive ketones (excluding diaryl/α,β-unsaturated/α-hetero) is 1. The number of amides is 1. The van der Waals surface area contributed by atoms with E-state index in [1.807, 2.05) is 24.3 Å².